The SMILES string of the molecule is CCc1cc(Br)ccc1-n1cncn1. The van der Waals surface area contributed by atoms with E-state index in [1.165, 1.54) is 5.56 Å². The summed E-state index contributed by atoms with van der Waals surface area (Å²) in [4.78, 5) is 3.94. The first kappa shape index (κ1) is 9.40. The fourth-order valence-electron chi connectivity index (χ4n) is 1.39. The molecule has 0 bridgehead atoms. The summed E-state index contributed by atoms with van der Waals surface area (Å²) in [5.74, 6) is 0. The molecule has 0 saturated carbocycles. The van der Waals surface area contributed by atoms with Crippen LogP contribution in [0.1, 0.15) is 12.5 Å². The van der Waals surface area contributed by atoms with Crippen molar-refractivity contribution in [2.24, 2.45) is 0 Å². The van der Waals surface area contributed by atoms with E-state index in [1.807, 2.05) is 12.1 Å². The average molecular weight is 252 g/mol. The van der Waals surface area contributed by atoms with Crippen molar-refractivity contribution in [3.63, 3.8) is 0 Å². The number of hydrogen-bond acceptors (Lipinski definition) is 2. The number of halogens is 1. The Morgan fingerprint density at radius 3 is 2.93 bits per heavy atom. The Hall–Kier alpha value is -1.16. The van der Waals surface area contributed by atoms with Gasteiger partial charge in [0.25, 0.3) is 0 Å². The van der Waals surface area contributed by atoms with Gasteiger partial charge in [-0.3, -0.25) is 0 Å². The molecule has 14 heavy (non-hydrogen) atoms. The monoisotopic (exact) mass is 251 g/mol. The minimum atomic E-state index is 0.981. The molecule has 1 aromatic heterocycles. The normalized spacial score (nSPS) is 10.4. The lowest BCUT2D eigenvalue weighted by Gasteiger charge is -2.07. The van der Waals surface area contributed by atoms with E-state index >= 15 is 0 Å². The second-order valence-electron chi connectivity index (χ2n) is 2.97. The quantitative estimate of drug-likeness (QED) is 0.822. The fraction of sp³-hybridized carbons (Fsp3) is 0.200. The molecule has 0 aliphatic heterocycles. The van der Waals surface area contributed by atoms with Crippen LogP contribution in [0.4, 0.5) is 0 Å². The zero-order valence-corrected chi connectivity index (χ0v) is 9.40. The van der Waals surface area contributed by atoms with E-state index in [4.69, 9.17) is 0 Å². The summed E-state index contributed by atoms with van der Waals surface area (Å²) in [5.41, 5.74) is 2.35. The highest BCUT2D eigenvalue weighted by atomic mass is 79.9. The van der Waals surface area contributed by atoms with Crippen LogP contribution in [-0.2, 0) is 6.42 Å². The molecule has 0 amide bonds. The molecule has 2 rings (SSSR count). The van der Waals surface area contributed by atoms with Gasteiger partial charge in [-0.15, -0.1) is 0 Å². The lowest BCUT2D eigenvalue weighted by Crippen LogP contribution is -1.99. The van der Waals surface area contributed by atoms with Crippen LogP contribution in [0.15, 0.2) is 35.3 Å². The van der Waals surface area contributed by atoms with Gasteiger partial charge in [0.15, 0.2) is 0 Å². The molecule has 2 aromatic rings. The Labute approximate surface area is 90.9 Å². The minimum absolute atomic E-state index is 0.981. The smallest absolute Gasteiger partial charge is 0.138 e. The standard InChI is InChI=1S/C10H10BrN3/c1-2-8-5-9(11)3-4-10(8)14-7-12-6-13-14/h3-7H,2H2,1H3. The maximum absolute atomic E-state index is 4.12. The van der Waals surface area contributed by atoms with Crippen LogP contribution in [0.5, 0.6) is 0 Å². The minimum Gasteiger partial charge on any atom is -0.223 e. The van der Waals surface area contributed by atoms with Crippen LogP contribution in [0.3, 0.4) is 0 Å². The van der Waals surface area contributed by atoms with Crippen molar-refractivity contribution in [1.82, 2.24) is 14.8 Å². The summed E-state index contributed by atoms with van der Waals surface area (Å²) >= 11 is 3.46. The Balaban J connectivity index is 2.53. The second kappa shape index (κ2) is 3.92. The predicted octanol–water partition coefficient (Wildman–Crippen LogP) is 2.59. The molecular weight excluding hydrogens is 242 g/mol. The first-order valence-electron chi connectivity index (χ1n) is 4.44. The van der Waals surface area contributed by atoms with Gasteiger partial charge in [0, 0.05) is 4.47 Å². The Morgan fingerprint density at radius 2 is 2.29 bits per heavy atom. The van der Waals surface area contributed by atoms with Crippen LogP contribution in [0, 0.1) is 0 Å². The summed E-state index contributed by atoms with van der Waals surface area (Å²) in [5, 5.41) is 4.12. The van der Waals surface area contributed by atoms with E-state index < -0.39 is 0 Å². The van der Waals surface area contributed by atoms with Gasteiger partial charge in [-0.2, -0.15) is 5.10 Å². The Bertz CT molecular complexity index is 423. The molecule has 1 aromatic carbocycles. The maximum Gasteiger partial charge on any atom is 0.138 e. The molecular formula is C10H10BrN3. The third-order valence-corrected chi connectivity index (χ3v) is 2.58. The molecule has 0 aliphatic rings. The molecule has 0 radical (unpaired) electrons. The first-order valence-corrected chi connectivity index (χ1v) is 5.24. The molecule has 0 atom stereocenters. The van der Waals surface area contributed by atoms with Crippen LogP contribution in [0.25, 0.3) is 5.69 Å². The van der Waals surface area contributed by atoms with Crippen molar-refractivity contribution >= 4 is 15.9 Å². The van der Waals surface area contributed by atoms with Gasteiger partial charge in [-0.25, -0.2) is 9.67 Å². The van der Waals surface area contributed by atoms with Gasteiger partial charge in [0.05, 0.1) is 5.69 Å². The van der Waals surface area contributed by atoms with E-state index in [2.05, 4.69) is 39.0 Å². The molecule has 0 spiro atoms. The van der Waals surface area contributed by atoms with Crippen LogP contribution in [0.2, 0.25) is 0 Å². The zero-order chi connectivity index (χ0) is 9.97. The van der Waals surface area contributed by atoms with Gasteiger partial charge in [-0.05, 0) is 30.2 Å². The van der Waals surface area contributed by atoms with Crippen molar-refractivity contribution in [3.8, 4) is 5.69 Å². The summed E-state index contributed by atoms with van der Waals surface area (Å²) in [7, 11) is 0. The van der Waals surface area contributed by atoms with Gasteiger partial charge in [-0.1, -0.05) is 22.9 Å². The third kappa shape index (κ3) is 1.70. The van der Waals surface area contributed by atoms with Crippen molar-refractivity contribution in [1.29, 1.82) is 0 Å². The van der Waals surface area contributed by atoms with Crippen LogP contribution in [-0.4, -0.2) is 14.8 Å². The zero-order valence-electron chi connectivity index (χ0n) is 7.81. The molecule has 0 saturated heterocycles. The number of aryl methyl sites for hydroxylation is 1. The van der Waals surface area contributed by atoms with Gasteiger partial charge in [0.1, 0.15) is 12.7 Å². The number of hydrogen-bond donors (Lipinski definition) is 0. The van der Waals surface area contributed by atoms with Crippen molar-refractivity contribution < 1.29 is 0 Å². The lowest BCUT2D eigenvalue weighted by atomic mass is 10.1. The summed E-state index contributed by atoms with van der Waals surface area (Å²) in [6, 6.07) is 6.16. The van der Waals surface area contributed by atoms with Crippen molar-refractivity contribution in [2.45, 2.75) is 13.3 Å². The molecule has 0 unspecified atom stereocenters. The molecule has 0 N–H and O–H groups in total. The summed E-state index contributed by atoms with van der Waals surface area (Å²) in [6.07, 6.45) is 4.23. The third-order valence-electron chi connectivity index (χ3n) is 2.09. The van der Waals surface area contributed by atoms with Crippen LogP contribution < -0.4 is 0 Å². The summed E-state index contributed by atoms with van der Waals surface area (Å²) < 4.78 is 2.88. The number of rotatable bonds is 2. The summed E-state index contributed by atoms with van der Waals surface area (Å²) in [6.45, 7) is 2.13. The fourth-order valence-corrected chi connectivity index (χ4v) is 1.80. The van der Waals surface area contributed by atoms with Gasteiger partial charge in [0.2, 0.25) is 0 Å². The molecule has 0 fully saturated rings. The van der Waals surface area contributed by atoms with E-state index in [0.717, 1.165) is 16.6 Å². The molecule has 0 aliphatic carbocycles. The molecule has 4 heteroatoms. The molecule has 3 nitrogen and oxygen atoms in total. The van der Waals surface area contributed by atoms with Crippen molar-refractivity contribution in [3.05, 3.63) is 40.9 Å². The predicted molar refractivity (Wildman–Crippen MR) is 58.4 cm³/mol. The number of nitrogens with zero attached hydrogens (tertiary/aromatic N) is 3. The molecule has 72 valence electrons. The van der Waals surface area contributed by atoms with Crippen LogP contribution >= 0.6 is 15.9 Å². The van der Waals surface area contributed by atoms with E-state index in [9.17, 15) is 0 Å². The Morgan fingerprint density at radius 1 is 1.43 bits per heavy atom. The van der Waals surface area contributed by atoms with E-state index in [0.29, 0.717) is 0 Å². The number of aromatic nitrogens is 3. The highest BCUT2D eigenvalue weighted by molar-refractivity contribution is 9.10. The first-order chi connectivity index (χ1) is 6.81. The molecule has 1 heterocycles. The van der Waals surface area contributed by atoms with E-state index in [1.54, 1.807) is 17.3 Å². The second-order valence-corrected chi connectivity index (χ2v) is 3.88. The lowest BCUT2D eigenvalue weighted by molar-refractivity contribution is 0.860. The number of benzene rings is 1. The van der Waals surface area contributed by atoms with E-state index in [-0.39, 0.29) is 0 Å². The van der Waals surface area contributed by atoms with Crippen molar-refractivity contribution in [2.75, 3.05) is 0 Å². The van der Waals surface area contributed by atoms with Gasteiger partial charge < -0.3 is 0 Å². The van der Waals surface area contributed by atoms with Gasteiger partial charge >= 0.3 is 0 Å². The topological polar surface area (TPSA) is 30.7 Å². The average Bonchev–Trinajstić information content (AvgIpc) is 2.70. The Kier molecular flexibility index (Phi) is 2.63. The highest BCUT2D eigenvalue weighted by Gasteiger charge is 2.03. The maximum atomic E-state index is 4.12. The largest absolute Gasteiger partial charge is 0.223 e. The highest BCUT2D eigenvalue weighted by Crippen LogP contribution is 2.19.